The van der Waals surface area contributed by atoms with Gasteiger partial charge in [-0.1, -0.05) is 24.6 Å². The van der Waals surface area contributed by atoms with E-state index < -0.39 is 0 Å². The average molecular weight is 226 g/mol. The van der Waals surface area contributed by atoms with Crippen molar-refractivity contribution >= 4 is 11.6 Å². The minimum absolute atomic E-state index is 0.741. The van der Waals surface area contributed by atoms with Crippen molar-refractivity contribution in [1.29, 1.82) is 0 Å². The first-order valence-corrected chi connectivity index (χ1v) is 6.70. The molecule has 0 spiro atoms. The fourth-order valence-corrected chi connectivity index (χ4v) is 4.62. The van der Waals surface area contributed by atoms with Crippen LogP contribution in [0.25, 0.3) is 0 Å². The summed E-state index contributed by atoms with van der Waals surface area (Å²) in [6.07, 6.45) is 7.38. The van der Waals surface area contributed by atoms with Crippen LogP contribution in [0.3, 0.4) is 0 Å². The Hall–Kier alpha value is -0.0100. The van der Waals surface area contributed by atoms with Crippen LogP contribution in [0, 0.1) is 23.7 Å². The number of fused-ring (bicyclic) bond motifs is 5. The van der Waals surface area contributed by atoms with Gasteiger partial charge in [-0.15, -0.1) is 0 Å². The molecular weight excluding hydrogens is 206 g/mol. The molecule has 3 aliphatic carbocycles. The Morgan fingerprint density at radius 2 is 2.00 bits per heavy atom. The molecule has 0 aromatic rings. The van der Waals surface area contributed by atoms with E-state index >= 15 is 0 Å². The van der Waals surface area contributed by atoms with E-state index in [9.17, 15) is 0 Å². The number of rotatable bonds is 3. The van der Waals surface area contributed by atoms with Crippen molar-refractivity contribution < 1.29 is 0 Å². The van der Waals surface area contributed by atoms with Gasteiger partial charge in [-0.25, -0.2) is 0 Å². The second-order valence-corrected chi connectivity index (χ2v) is 6.19. The summed E-state index contributed by atoms with van der Waals surface area (Å²) < 4.78 is 0. The average Bonchev–Trinajstić information content (AvgIpc) is 2.86. The molecule has 84 valence electrons. The summed E-state index contributed by atoms with van der Waals surface area (Å²) >= 11 is 5.81. The van der Waals surface area contributed by atoms with E-state index in [1.54, 1.807) is 0 Å². The molecular formula is C13H20ClN. The van der Waals surface area contributed by atoms with E-state index in [1.165, 1.54) is 32.1 Å². The number of halogens is 1. The minimum Gasteiger partial charge on any atom is -0.309 e. The highest BCUT2D eigenvalue weighted by Crippen LogP contribution is 2.58. The first-order valence-electron chi connectivity index (χ1n) is 6.32. The quantitative estimate of drug-likeness (QED) is 0.778. The summed E-state index contributed by atoms with van der Waals surface area (Å²) in [5.41, 5.74) is 0. The lowest BCUT2D eigenvalue weighted by Gasteiger charge is -2.32. The van der Waals surface area contributed by atoms with E-state index in [4.69, 9.17) is 11.6 Å². The molecule has 0 heterocycles. The molecule has 3 aliphatic rings. The highest BCUT2D eigenvalue weighted by Gasteiger charge is 2.53. The molecule has 0 saturated heterocycles. The fourth-order valence-electron chi connectivity index (χ4n) is 4.54. The zero-order valence-corrected chi connectivity index (χ0v) is 9.97. The van der Waals surface area contributed by atoms with Crippen molar-refractivity contribution in [3.05, 3.63) is 11.6 Å². The van der Waals surface area contributed by atoms with Crippen molar-refractivity contribution in [1.82, 2.24) is 5.32 Å². The van der Waals surface area contributed by atoms with Crippen molar-refractivity contribution in [2.24, 2.45) is 23.7 Å². The molecule has 0 radical (unpaired) electrons. The molecule has 5 atom stereocenters. The lowest BCUT2D eigenvalue weighted by atomic mass is 9.79. The standard InChI is InChI=1S/C13H20ClN/c1-8(14)7-15-13-6-9-5-12(13)11-4-2-3-10(9)11/h9-13,15H,1-7H2. The van der Waals surface area contributed by atoms with Gasteiger partial charge in [-0.05, 0) is 49.4 Å². The Balaban J connectivity index is 1.63. The van der Waals surface area contributed by atoms with Gasteiger partial charge in [-0.2, -0.15) is 0 Å². The summed E-state index contributed by atoms with van der Waals surface area (Å²) in [5, 5.41) is 4.34. The number of hydrogen-bond acceptors (Lipinski definition) is 1. The van der Waals surface area contributed by atoms with Gasteiger partial charge in [-0.3, -0.25) is 0 Å². The van der Waals surface area contributed by atoms with E-state index in [-0.39, 0.29) is 0 Å². The fraction of sp³-hybridized carbons (Fsp3) is 0.846. The Bertz CT molecular complexity index is 276. The van der Waals surface area contributed by atoms with E-state index in [0.717, 1.165) is 41.3 Å². The van der Waals surface area contributed by atoms with Crippen LogP contribution < -0.4 is 5.32 Å². The third-order valence-electron chi connectivity index (χ3n) is 4.98. The largest absolute Gasteiger partial charge is 0.309 e. The van der Waals surface area contributed by atoms with Gasteiger partial charge in [0.15, 0.2) is 0 Å². The number of hydrogen-bond donors (Lipinski definition) is 1. The smallest absolute Gasteiger partial charge is 0.0310 e. The van der Waals surface area contributed by atoms with Crippen molar-refractivity contribution in [2.75, 3.05) is 6.54 Å². The third kappa shape index (κ3) is 1.64. The molecule has 1 N–H and O–H groups in total. The molecule has 2 bridgehead atoms. The SMILES string of the molecule is C=C(Cl)CNC1CC2CC1C1CCCC21. The molecule has 3 saturated carbocycles. The summed E-state index contributed by atoms with van der Waals surface area (Å²) in [5.74, 6) is 4.12. The molecule has 15 heavy (non-hydrogen) atoms. The molecule has 0 aliphatic heterocycles. The van der Waals surface area contributed by atoms with E-state index in [1.807, 2.05) is 0 Å². The molecule has 5 unspecified atom stereocenters. The van der Waals surface area contributed by atoms with Crippen LogP contribution in [-0.2, 0) is 0 Å². The Labute approximate surface area is 97.3 Å². The second kappa shape index (κ2) is 3.78. The normalized spacial score (nSPS) is 47.1. The maximum Gasteiger partial charge on any atom is 0.0310 e. The van der Waals surface area contributed by atoms with Crippen LogP contribution in [-0.4, -0.2) is 12.6 Å². The van der Waals surface area contributed by atoms with E-state index in [0.29, 0.717) is 0 Å². The second-order valence-electron chi connectivity index (χ2n) is 5.66. The Kier molecular flexibility index (Phi) is 2.56. The molecule has 1 nitrogen and oxygen atoms in total. The predicted octanol–water partition coefficient (Wildman–Crippen LogP) is 3.15. The Morgan fingerprint density at radius 1 is 1.20 bits per heavy atom. The zero-order valence-electron chi connectivity index (χ0n) is 9.21. The summed E-state index contributed by atoms with van der Waals surface area (Å²) in [6.45, 7) is 4.55. The number of nitrogens with one attached hydrogen (secondary N) is 1. The van der Waals surface area contributed by atoms with Crippen LogP contribution in [0.15, 0.2) is 11.6 Å². The molecule has 3 fully saturated rings. The van der Waals surface area contributed by atoms with Crippen molar-refractivity contribution in [2.45, 2.75) is 38.1 Å². The van der Waals surface area contributed by atoms with Crippen LogP contribution in [0.2, 0.25) is 0 Å². The van der Waals surface area contributed by atoms with Gasteiger partial charge in [0.2, 0.25) is 0 Å². The third-order valence-corrected chi connectivity index (χ3v) is 5.12. The molecule has 0 amide bonds. The van der Waals surface area contributed by atoms with Gasteiger partial charge in [0.1, 0.15) is 0 Å². The van der Waals surface area contributed by atoms with Gasteiger partial charge in [0, 0.05) is 17.6 Å². The monoisotopic (exact) mass is 225 g/mol. The minimum atomic E-state index is 0.741. The van der Waals surface area contributed by atoms with Crippen LogP contribution in [0.1, 0.15) is 32.1 Å². The highest BCUT2D eigenvalue weighted by molar-refractivity contribution is 6.29. The summed E-state index contributed by atoms with van der Waals surface area (Å²) in [6, 6.07) is 0.741. The molecule has 3 rings (SSSR count). The highest BCUT2D eigenvalue weighted by atomic mass is 35.5. The van der Waals surface area contributed by atoms with Crippen LogP contribution in [0.4, 0.5) is 0 Å². The summed E-state index contributed by atoms with van der Waals surface area (Å²) in [4.78, 5) is 0. The van der Waals surface area contributed by atoms with Gasteiger partial charge in [0.05, 0.1) is 0 Å². The maximum absolute atomic E-state index is 5.81. The lowest BCUT2D eigenvalue weighted by molar-refractivity contribution is 0.212. The molecule has 2 heteroatoms. The van der Waals surface area contributed by atoms with Gasteiger partial charge >= 0.3 is 0 Å². The molecule has 0 aromatic carbocycles. The first-order chi connectivity index (χ1) is 7.25. The summed E-state index contributed by atoms with van der Waals surface area (Å²) in [7, 11) is 0. The van der Waals surface area contributed by atoms with Crippen molar-refractivity contribution in [3.63, 3.8) is 0 Å². The van der Waals surface area contributed by atoms with Gasteiger partial charge < -0.3 is 5.32 Å². The molecule has 0 aromatic heterocycles. The van der Waals surface area contributed by atoms with E-state index in [2.05, 4.69) is 11.9 Å². The predicted molar refractivity (Wildman–Crippen MR) is 63.8 cm³/mol. The van der Waals surface area contributed by atoms with Crippen LogP contribution in [0.5, 0.6) is 0 Å². The van der Waals surface area contributed by atoms with Crippen LogP contribution >= 0.6 is 11.6 Å². The lowest BCUT2D eigenvalue weighted by Crippen LogP contribution is -2.39. The zero-order chi connectivity index (χ0) is 10.4. The van der Waals surface area contributed by atoms with Gasteiger partial charge in [0.25, 0.3) is 0 Å². The maximum atomic E-state index is 5.81. The first kappa shape index (κ1) is 10.2. The van der Waals surface area contributed by atoms with Crippen molar-refractivity contribution in [3.8, 4) is 0 Å². The Morgan fingerprint density at radius 3 is 2.80 bits per heavy atom. The topological polar surface area (TPSA) is 12.0 Å².